The van der Waals surface area contributed by atoms with Crippen molar-refractivity contribution in [1.82, 2.24) is 0 Å². The first-order chi connectivity index (χ1) is 8.49. The molecule has 15 heteroatoms. The number of rotatable bonds is 0. The monoisotopic (exact) mass is 404 g/mol. The van der Waals surface area contributed by atoms with Gasteiger partial charge in [0.15, 0.2) is 0 Å². The summed E-state index contributed by atoms with van der Waals surface area (Å²) in [4.78, 5) is 0. The van der Waals surface area contributed by atoms with Crippen molar-refractivity contribution in [3.63, 3.8) is 0 Å². The molecule has 0 fully saturated rings. The van der Waals surface area contributed by atoms with Crippen molar-refractivity contribution in [2.75, 3.05) is 0 Å². The summed E-state index contributed by atoms with van der Waals surface area (Å²) in [6.07, 6.45) is 4.25. The molecule has 0 radical (unpaired) electrons. The fourth-order valence-electron chi connectivity index (χ4n) is 0. The van der Waals surface area contributed by atoms with Gasteiger partial charge in [-0.2, -0.15) is 26.3 Å². The molecule has 0 heterocycles. The van der Waals surface area contributed by atoms with Crippen molar-refractivity contribution in [2.24, 2.45) is 0 Å². The molecule has 0 aromatic carbocycles. The molecule has 0 aliphatic carbocycles. The summed E-state index contributed by atoms with van der Waals surface area (Å²) >= 11 is 0. The summed E-state index contributed by atoms with van der Waals surface area (Å²) in [7, 11) is 0. The van der Waals surface area contributed by atoms with Gasteiger partial charge in [0, 0.05) is 40.7 Å². The molecule has 0 aliphatic heterocycles. The number of nitriles is 6. The van der Waals surface area contributed by atoms with E-state index >= 15 is 0 Å². The Morgan fingerprint density at radius 3 is 0.571 bits per heavy atom. The second-order valence-electron chi connectivity index (χ2n) is 0.591. The number of nitrogens with zero attached hydrogens (tertiary/aromatic N) is 6. The fraction of sp³-hybridized carbons (Fsp3) is 0. The molecule has 12 nitrogen and oxygen atoms in total. The molecule has 5 N–H and O–H groups in total. The van der Waals surface area contributed by atoms with Crippen LogP contribution in [0.2, 0.25) is 0 Å². The van der Waals surface area contributed by atoms with Crippen LogP contribution in [0, 0.1) is 69.1 Å². The Hall–Kier alpha value is -1.57. The second kappa shape index (κ2) is 285. The number of aliphatic hydroxyl groups excluding tert-OH is 5. The summed E-state index contributed by atoms with van der Waals surface area (Å²) < 4.78 is 0. The Bertz CT molecular complexity index is 268. The van der Waals surface area contributed by atoms with Gasteiger partial charge in [0.2, 0.25) is 0 Å². The quantitative estimate of drug-likeness (QED) is 0.188. The van der Waals surface area contributed by atoms with Crippen LogP contribution in [0.15, 0.2) is 0 Å². The van der Waals surface area contributed by atoms with Gasteiger partial charge >= 0.3 is 51.4 Å². The third kappa shape index (κ3) is 2010. The van der Waals surface area contributed by atoms with E-state index in [4.69, 9.17) is 62.2 Å². The van der Waals surface area contributed by atoms with E-state index in [-0.39, 0.29) is 85.8 Å². The minimum Gasteiger partial charge on any atom is -0.812 e. The van der Waals surface area contributed by atoms with Gasteiger partial charge in [-0.15, -0.1) is 0 Å². The van der Waals surface area contributed by atoms with E-state index < -0.39 is 0 Å². The van der Waals surface area contributed by atoms with E-state index in [1.165, 1.54) is 0 Å². The minimum atomic E-state index is 0. The second-order valence-corrected chi connectivity index (χ2v) is 0.591. The molecule has 0 spiro atoms. The zero-order chi connectivity index (χ0) is 16.2. The Balaban J connectivity index is -0.0000000114. The van der Waals surface area contributed by atoms with Crippen LogP contribution < -0.4 is 56.5 Å². The normalized spacial score (nSPS) is 2.00. The maximum Gasteiger partial charge on any atom is 1.00 e. The van der Waals surface area contributed by atoms with Crippen molar-refractivity contribution < 1.29 is 116 Å². The van der Waals surface area contributed by atoms with Crippen molar-refractivity contribution in [3.8, 4) is 37.5 Å². The van der Waals surface area contributed by atoms with Crippen LogP contribution in [0.3, 0.4) is 0 Å². The van der Waals surface area contributed by atoms with Crippen LogP contribution in [-0.4, -0.2) is 25.5 Å². The summed E-state index contributed by atoms with van der Waals surface area (Å²) in [5.74, 6) is 0. The van der Waals surface area contributed by atoms with Gasteiger partial charge in [-0.05, 0) is 0 Å². The average Bonchev–Trinajstić information content (AvgIpc) is 2.23. The first-order valence-electron chi connectivity index (χ1n) is 2.66. The molecule has 0 aromatic heterocycles. The molecule has 0 amide bonds. The third-order valence-electron chi connectivity index (χ3n) is 0. The van der Waals surface area contributed by atoms with Crippen LogP contribution >= 0.6 is 0 Å². The summed E-state index contributed by atoms with van der Waals surface area (Å²) in [5, 5.41) is 83.8. The fourth-order valence-corrected chi connectivity index (χ4v) is 0. The average molecular weight is 404 g/mol. The Labute approximate surface area is 183 Å². The van der Waals surface area contributed by atoms with Crippen molar-refractivity contribution in [1.29, 1.82) is 31.6 Å². The minimum absolute atomic E-state index is 0. The third-order valence-corrected chi connectivity index (χ3v) is 0. The number of hydrogen-bond donors (Lipinski definition) is 5. The Morgan fingerprint density at radius 2 is 0.571 bits per heavy atom. The maximum atomic E-state index is 8.24. The van der Waals surface area contributed by atoms with Gasteiger partial charge in [0.05, 0.1) is 0 Å². The molecular formula is C6H5CrFeKN6O6. The molecule has 0 rings (SSSR count). The first-order valence-corrected chi connectivity index (χ1v) is 2.66. The van der Waals surface area contributed by atoms with E-state index in [9.17, 15) is 0 Å². The van der Waals surface area contributed by atoms with Crippen molar-refractivity contribution in [3.05, 3.63) is 0 Å². The summed E-state index contributed by atoms with van der Waals surface area (Å²) in [6, 6.07) is 0. The van der Waals surface area contributed by atoms with Crippen LogP contribution in [0.4, 0.5) is 0 Å². The van der Waals surface area contributed by atoms with E-state index in [1.807, 2.05) is 0 Å². The molecular weight excluding hydrogens is 399 g/mol. The van der Waals surface area contributed by atoms with Gasteiger partial charge in [-0.1, -0.05) is 0 Å². The molecule has 21 heavy (non-hydrogen) atoms. The molecule has 0 saturated heterocycles. The number of aliphatic hydroxyl groups is 5. The van der Waals surface area contributed by atoms with Crippen LogP contribution in [0.25, 0.3) is 0 Å². The Morgan fingerprint density at radius 1 is 0.571 bits per heavy atom. The summed E-state index contributed by atoms with van der Waals surface area (Å²) in [6.45, 7) is 0. The van der Waals surface area contributed by atoms with Crippen molar-refractivity contribution in [2.45, 2.75) is 0 Å². The molecule has 0 aliphatic rings. The van der Waals surface area contributed by atoms with Crippen molar-refractivity contribution >= 4 is 0 Å². The van der Waals surface area contributed by atoms with Gasteiger partial charge in [-0.3, -0.25) is 0 Å². The molecule has 0 atom stereocenters. The van der Waals surface area contributed by atoms with E-state index in [2.05, 4.69) is 0 Å². The largest absolute Gasteiger partial charge is 1.00 e. The zero-order valence-corrected chi connectivity index (χ0v) is 15.6. The molecule has 0 aromatic rings. The summed E-state index contributed by atoms with van der Waals surface area (Å²) in [5.41, 5.74) is 0. The van der Waals surface area contributed by atoms with Gasteiger partial charge in [-0.25, -0.2) is 5.26 Å². The molecule has 0 saturated carbocycles. The van der Waals surface area contributed by atoms with Crippen LogP contribution in [0.1, 0.15) is 0 Å². The van der Waals surface area contributed by atoms with E-state index in [0.717, 1.165) is 31.3 Å². The predicted molar refractivity (Wildman–Crippen MR) is 43.4 cm³/mol. The standard InChI is InChI=1S/6CHNO.Cr.Fe.K/c6*2-1-3;;;/h6*3H;;;/q;;;;;;;;+1/p-1. The van der Waals surface area contributed by atoms with Gasteiger partial charge in [0.25, 0.3) is 31.3 Å². The SMILES string of the molecule is N#CO.N#CO.N#CO.N#CO.N#CO.N#C[O-].[Cr].[Fe].[K+]. The molecule has 110 valence electrons. The van der Waals surface area contributed by atoms with Crippen LogP contribution in [0.5, 0.6) is 0 Å². The van der Waals surface area contributed by atoms with Gasteiger partial charge in [0.1, 0.15) is 0 Å². The van der Waals surface area contributed by atoms with Crippen LogP contribution in [-0.2, 0) is 34.4 Å². The smallest absolute Gasteiger partial charge is 0.812 e. The zero-order valence-electron chi connectivity index (χ0n) is 10.1. The van der Waals surface area contributed by atoms with E-state index in [0.29, 0.717) is 6.26 Å². The number of hydrogen-bond acceptors (Lipinski definition) is 12. The first kappa shape index (κ1) is 60.7. The molecule has 0 bridgehead atoms. The van der Waals surface area contributed by atoms with Gasteiger partial charge < -0.3 is 30.6 Å². The maximum absolute atomic E-state index is 8.24. The predicted octanol–water partition coefficient (Wildman–Crippen LogP) is -4.97. The van der Waals surface area contributed by atoms with E-state index in [1.54, 1.807) is 0 Å². The molecule has 0 unspecified atom stereocenters. The Kier molecular flexibility index (Phi) is 825. The topological polar surface area (TPSA) is 267 Å².